The first-order valence-electron chi connectivity index (χ1n) is 27.7. The lowest BCUT2D eigenvalue weighted by atomic mass is 9.74. The third kappa shape index (κ3) is 15.5. The van der Waals surface area contributed by atoms with Crippen molar-refractivity contribution in [2.24, 2.45) is 5.92 Å². The molecule has 0 radical (unpaired) electrons. The number of epoxide rings is 1. The van der Waals surface area contributed by atoms with Crippen LogP contribution in [0.4, 0.5) is 10.5 Å². The van der Waals surface area contributed by atoms with Gasteiger partial charge in [-0.1, -0.05) is 42.3 Å². The molecule has 0 aliphatic carbocycles. The molecule has 2 saturated heterocycles. The quantitative estimate of drug-likeness (QED) is 0.0435. The van der Waals surface area contributed by atoms with Crippen LogP contribution in [-0.4, -0.2) is 195 Å². The van der Waals surface area contributed by atoms with Gasteiger partial charge in [0.1, 0.15) is 40.3 Å². The SMILES string of the molecule is CNN(C)Cc1cc2cccnc2n1CCC(=O)NCCOCCOCCC(=O)N(C)[C@@H](C)C[C@]1(OC(=O)[C@H](C)N(C)C(C)=O)CC(=O)N(C)c2cc(cc(OC)c2Cl)C/C(C)=C/C=C/C(OC)[C@@]2(O)C[C@H](OC(=O)N2)[C@@H](C)[C@@H]2O[C@]21C. The van der Waals surface area contributed by atoms with Crippen molar-refractivity contribution in [1.29, 1.82) is 0 Å². The Kier molecular flexibility index (Phi) is 22.5. The second kappa shape index (κ2) is 28.4. The van der Waals surface area contributed by atoms with Gasteiger partial charge in [-0.25, -0.2) is 19.6 Å². The number of nitrogens with zero attached hydrogens (tertiary/aromatic N) is 6. The van der Waals surface area contributed by atoms with Gasteiger partial charge in [-0.15, -0.1) is 0 Å². The van der Waals surface area contributed by atoms with E-state index < -0.39 is 83.5 Å². The number of hydrogen-bond donors (Lipinski definition) is 4. The highest BCUT2D eigenvalue weighted by atomic mass is 35.5. The minimum Gasteiger partial charge on any atom is -0.495 e. The van der Waals surface area contributed by atoms with Gasteiger partial charge in [-0.05, 0) is 77.1 Å². The number of aliphatic hydroxyl groups is 1. The number of likely N-dealkylation sites (N-methyl/N-ethyl adjacent to an activating group) is 1. The number of aryl methyl sites for hydroxylation is 1. The summed E-state index contributed by atoms with van der Waals surface area (Å²) in [6.45, 7) is 12.0. The average Bonchev–Trinajstić information content (AvgIpc) is 4.25. The van der Waals surface area contributed by atoms with E-state index in [2.05, 4.69) is 31.7 Å². The molecule has 9 atom stereocenters. The molecular formula is C58H84ClN9O14. The van der Waals surface area contributed by atoms with Crippen LogP contribution >= 0.6 is 11.6 Å². The van der Waals surface area contributed by atoms with Crippen molar-refractivity contribution in [2.45, 2.75) is 140 Å². The van der Waals surface area contributed by atoms with Crippen molar-refractivity contribution < 1.29 is 67.0 Å². The van der Waals surface area contributed by atoms with Crippen molar-refractivity contribution in [1.82, 2.24) is 40.4 Å². The Balaban J connectivity index is 1.17. The lowest BCUT2D eigenvalue weighted by molar-refractivity contribution is -0.179. The smallest absolute Gasteiger partial charge is 0.409 e. The fourth-order valence-electron chi connectivity index (χ4n) is 10.7. The first-order valence-corrected chi connectivity index (χ1v) is 28.0. The third-order valence-electron chi connectivity index (χ3n) is 16.1. The number of esters is 1. The van der Waals surface area contributed by atoms with Crippen LogP contribution in [0.1, 0.15) is 84.9 Å². The van der Waals surface area contributed by atoms with Crippen LogP contribution in [0.3, 0.4) is 0 Å². The number of alkyl carbamates (subject to hydrolysis) is 1. The molecule has 2 fully saturated rings. The fourth-order valence-corrected chi connectivity index (χ4v) is 11.0. The van der Waals surface area contributed by atoms with Crippen LogP contribution in [0.5, 0.6) is 5.75 Å². The highest BCUT2D eigenvalue weighted by Crippen LogP contribution is 2.56. The Morgan fingerprint density at radius 3 is 2.44 bits per heavy atom. The number of ether oxygens (including phenoxy) is 7. The fraction of sp³-hybridized carbons (Fsp3) is 0.603. The van der Waals surface area contributed by atoms with E-state index in [1.165, 1.54) is 49.8 Å². The number of methoxy groups -OCH3 is 2. The number of carbonyl (C=O) groups excluding carboxylic acids is 6. The van der Waals surface area contributed by atoms with Crippen LogP contribution in [-0.2, 0) is 71.9 Å². The molecule has 3 aliphatic heterocycles. The molecule has 4 N–H and O–H groups in total. The van der Waals surface area contributed by atoms with Crippen molar-refractivity contribution in [3.05, 3.63) is 76.6 Å². The number of aromatic nitrogens is 2. The minimum atomic E-state index is -1.94. The van der Waals surface area contributed by atoms with E-state index in [0.29, 0.717) is 37.5 Å². The number of hydrazine groups is 1. The Bertz CT molecular complexity index is 2830. The molecule has 23 nitrogen and oxygen atoms in total. The second-order valence-corrected chi connectivity index (χ2v) is 22.2. The van der Waals surface area contributed by atoms with E-state index in [0.717, 1.165) is 27.9 Å². The monoisotopic (exact) mass is 1170 g/mol. The summed E-state index contributed by atoms with van der Waals surface area (Å²) in [4.78, 5) is 91.2. The van der Waals surface area contributed by atoms with Crippen molar-refractivity contribution in [3.8, 4) is 5.75 Å². The van der Waals surface area contributed by atoms with Gasteiger partial charge < -0.3 is 62.8 Å². The summed E-state index contributed by atoms with van der Waals surface area (Å²) in [5, 5.41) is 20.6. The predicted octanol–water partition coefficient (Wildman–Crippen LogP) is 4.69. The average molecular weight is 1170 g/mol. The molecule has 0 spiro atoms. The number of allylic oxidation sites excluding steroid dienone is 3. The first-order chi connectivity index (χ1) is 38.8. The van der Waals surface area contributed by atoms with Crippen molar-refractivity contribution in [3.63, 3.8) is 0 Å². The van der Waals surface area contributed by atoms with Gasteiger partial charge in [-0.2, -0.15) is 0 Å². The van der Waals surface area contributed by atoms with Gasteiger partial charge in [-0.3, -0.25) is 29.9 Å². The summed E-state index contributed by atoms with van der Waals surface area (Å²) in [5.41, 5.74) is 1.51. The number of carbonyl (C=O) groups is 6. The molecule has 6 rings (SSSR count). The zero-order valence-electron chi connectivity index (χ0n) is 49.7. The number of rotatable bonds is 23. The summed E-state index contributed by atoms with van der Waals surface area (Å²) in [6.07, 6.45) is 2.91. The highest BCUT2D eigenvalue weighted by molar-refractivity contribution is 6.35. The third-order valence-corrected chi connectivity index (χ3v) is 16.5. The van der Waals surface area contributed by atoms with Crippen LogP contribution in [0, 0.1) is 5.92 Å². The van der Waals surface area contributed by atoms with Crippen molar-refractivity contribution >= 4 is 64.0 Å². The van der Waals surface area contributed by atoms with E-state index >= 15 is 4.79 Å². The Labute approximate surface area is 485 Å². The van der Waals surface area contributed by atoms with Gasteiger partial charge in [0.05, 0.1) is 64.7 Å². The molecule has 4 bridgehead atoms. The maximum atomic E-state index is 15.2. The molecule has 1 aromatic carbocycles. The van der Waals surface area contributed by atoms with Crippen LogP contribution < -0.4 is 25.7 Å². The maximum Gasteiger partial charge on any atom is 0.409 e. The zero-order valence-corrected chi connectivity index (χ0v) is 50.4. The number of hydrogen-bond acceptors (Lipinski definition) is 17. The van der Waals surface area contributed by atoms with E-state index in [1.807, 2.05) is 44.2 Å². The standard InChI is InChI=1S/C58H84ClN9O14/c1-36-16-14-18-47(77-13)58(75)33-46(80-55(74)63-58)38(3)52-56(6,81-52)57(82-54(73)39(4)66(10)40(5)69,34-50(72)67(11)44-29-41(28-36)30-45(76-12)51(44)59)32-37(2)65(9)49(71)20-24-78-26-27-79-25-22-61-48(70)19-23-68-43(35-64(8)60-7)31-42-17-15-21-62-53(42)68/h14-18,21,29-31,37-39,46-47,52,60,75H,19-20,22-28,32-35H2,1-13H3,(H,61,70)(H,63,74)/b18-14+,36-16+/t37-,38+,39-,46-,47?,52-,56+,57-,58-/m0/s1. The molecule has 2 aromatic heterocycles. The number of benzene rings is 1. The summed E-state index contributed by atoms with van der Waals surface area (Å²) in [7, 11) is 11.3. The van der Waals surface area contributed by atoms with Crippen LogP contribution in [0.15, 0.2) is 60.3 Å². The Hall–Kier alpha value is -6.18. The first kappa shape index (κ1) is 65.0. The lowest BCUT2D eigenvalue weighted by Gasteiger charge is -2.44. The van der Waals surface area contributed by atoms with E-state index in [9.17, 15) is 29.1 Å². The van der Waals surface area contributed by atoms with E-state index in [1.54, 1.807) is 65.3 Å². The summed E-state index contributed by atoms with van der Waals surface area (Å²) >= 11 is 6.98. The number of amides is 5. The number of anilines is 1. The van der Waals surface area contributed by atoms with Gasteiger partial charge in [0.25, 0.3) is 0 Å². The summed E-state index contributed by atoms with van der Waals surface area (Å²) in [6, 6.07) is 7.62. The van der Waals surface area contributed by atoms with Crippen LogP contribution in [0.25, 0.3) is 11.0 Å². The molecule has 3 aliphatic rings. The molecular weight excluding hydrogens is 1080 g/mol. The molecule has 5 amide bonds. The molecule has 5 heterocycles. The topological polar surface area (TPSA) is 257 Å². The van der Waals surface area contributed by atoms with E-state index in [4.69, 9.17) is 44.8 Å². The van der Waals surface area contributed by atoms with E-state index in [-0.39, 0.29) is 68.9 Å². The van der Waals surface area contributed by atoms with Crippen LogP contribution in [0.2, 0.25) is 5.02 Å². The minimum absolute atomic E-state index is 0.0363. The van der Waals surface area contributed by atoms with Gasteiger partial charge >= 0.3 is 12.1 Å². The maximum absolute atomic E-state index is 15.2. The summed E-state index contributed by atoms with van der Waals surface area (Å²) < 4.78 is 44.2. The molecule has 0 saturated carbocycles. The lowest BCUT2D eigenvalue weighted by Crippen LogP contribution is -2.64. The largest absolute Gasteiger partial charge is 0.495 e. The molecule has 1 unspecified atom stereocenters. The zero-order chi connectivity index (χ0) is 60.3. The second-order valence-electron chi connectivity index (χ2n) is 21.8. The molecule has 24 heteroatoms. The number of fused-ring (bicyclic) bond motifs is 6. The molecule has 3 aromatic rings. The van der Waals surface area contributed by atoms with Gasteiger partial charge in [0.15, 0.2) is 11.3 Å². The van der Waals surface area contributed by atoms with Gasteiger partial charge in [0.2, 0.25) is 23.6 Å². The Morgan fingerprint density at radius 2 is 1.76 bits per heavy atom. The molecule has 452 valence electrons. The highest BCUT2D eigenvalue weighted by Gasteiger charge is 2.72. The predicted molar refractivity (Wildman–Crippen MR) is 307 cm³/mol. The normalized spacial score (nSPS) is 25.7. The number of halogens is 1. The molecule has 82 heavy (non-hydrogen) atoms. The Morgan fingerprint density at radius 1 is 1.04 bits per heavy atom. The van der Waals surface area contributed by atoms with Crippen molar-refractivity contribution in [2.75, 3.05) is 87.3 Å². The number of nitrogens with one attached hydrogen (secondary N) is 3. The summed E-state index contributed by atoms with van der Waals surface area (Å²) in [5.74, 6) is -2.66. The van der Waals surface area contributed by atoms with Gasteiger partial charge in [0, 0.05) is 104 Å². The number of pyridine rings is 1.